The van der Waals surface area contributed by atoms with Gasteiger partial charge in [0.1, 0.15) is 11.9 Å². The number of amides is 4. The van der Waals surface area contributed by atoms with Crippen molar-refractivity contribution in [1.82, 2.24) is 15.1 Å². The number of urea groups is 1. The van der Waals surface area contributed by atoms with E-state index >= 15 is 0 Å². The summed E-state index contributed by atoms with van der Waals surface area (Å²) < 4.78 is 43.9. The minimum Gasteiger partial charge on any atom is -0.488 e. The van der Waals surface area contributed by atoms with Crippen molar-refractivity contribution in [2.45, 2.75) is 89.6 Å². The van der Waals surface area contributed by atoms with E-state index in [0.717, 1.165) is 25.7 Å². The highest BCUT2D eigenvalue weighted by Gasteiger charge is 2.32. The van der Waals surface area contributed by atoms with E-state index in [2.05, 4.69) is 10.6 Å². The van der Waals surface area contributed by atoms with Gasteiger partial charge in [-0.15, -0.1) is 0 Å². The van der Waals surface area contributed by atoms with E-state index in [9.17, 15) is 32.7 Å². The largest absolute Gasteiger partial charge is 0.488 e. The third kappa shape index (κ3) is 9.28. The predicted molar refractivity (Wildman–Crippen MR) is 144 cm³/mol. The van der Waals surface area contributed by atoms with Crippen molar-refractivity contribution in [1.29, 1.82) is 0 Å². The fourth-order valence-electron chi connectivity index (χ4n) is 5.09. The van der Waals surface area contributed by atoms with Gasteiger partial charge < -0.3 is 30.3 Å². The molecule has 0 bridgehead atoms. The number of fused-ring (bicyclic) bond motifs is 1. The summed E-state index contributed by atoms with van der Waals surface area (Å²) >= 11 is 0. The van der Waals surface area contributed by atoms with E-state index in [0.29, 0.717) is 17.9 Å². The zero-order chi connectivity index (χ0) is 29.4. The van der Waals surface area contributed by atoms with Crippen molar-refractivity contribution >= 4 is 23.5 Å². The summed E-state index contributed by atoms with van der Waals surface area (Å²) in [5, 5.41) is 15.4. The van der Waals surface area contributed by atoms with Crippen LogP contribution in [-0.2, 0) is 16.0 Å². The van der Waals surface area contributed by atoms with Crippen LogP contribution in [0.3, 0.4) is 0 Å². The van der Waals surface area contributed by atoms with E-state index in [1.165, 1.54) is 18.6 Å². The molecular weight excluding hydrogens is 529 g/mol. The number of carbonyl (C=O) groups excluding carboxylic acids is 3. The number of aliphatic hydroxyl groups is 1. The first-order valence-corrected chi connectivity index (χ1v) is 13.9. The molecule has 12 heteroatoms. The highest BCUT2D eigenvalue weighted by Crippen LogP contribution is 2.30. The van der Waals surface area contributed by atoms with Gasteiger partial charge in [0.2, 0.25) is 11.8 Å². The lowest BCUT2D eigenvalue weighted by atomic mass is 9.96. The molecule has 2 aliphatic rings. The Hall–Kier alpha value is -3.02. The molecule has 3 rings (SSSR count). The molecule has 4 amide bonds. The van der Waals surface area contributed by atoms with Crippen LogP contribution in [0.2, 0.25) is 0 Å². The third-order valence-corrected chi connectivity index (χ3v) is 7.57. The van der Waals surface area contributed by atoms with Crippen LogP contribution in [0.4, 0.5) is 23.7 Å². The van der Waals surface area contributed by atoms with Crippen LogP contribution in [0, 0.1) is 5.92 Å². The molecule has 0 unspecified atom stereocenters. The van der Waals surface area contributed by atoms with Gasteiger partial charge in [0.05, 0.1) is 32.0 Å². The maximum absolute atomic E-state index is 13.3. The molecule has 1 aliphatic heterocycles. The van der Waals surface area contributed by atoms with Crippen molar-refractivity contribution in [3.05, 3.63) is 23.8 Å². The highest BCUT2D eigenvalue weighted by atomic mass is 19.4. The fraction of sp³-hybridized carbons (Fsp3) is 0.679. The smallest absolute Gasteiger partial charge is 0.389 e. The molecule has 1 aliphatic carbocycles. The number of rotatable bonds is 8. The van der Waals surface area contributed by atoms with Crippen molar-refractivity contribution in [3.63, 3.8) is 0 Å². The number of anilines is 1. The Morgan fingerprint density at radius 1 is 1.23 bits per heavy atom. The molecule has 1 aromatic rings. The number of likely N-dealkylation sites (N-methyl/N-ethyl adjacent to an activating group) is 1. The van der Waals surface area contributed by atoms with Crippen LogP contribution >= 0.6 is 0 Å². The lowest BCUT2D eigenvalue weighted by Gasteiger charge is -2.34. The van der Waals surface area contributed by atoms with Crippen LogP contribution in [0.1, 0.15) is 64.4 Å². The average molecular weight is 571 g/mol. The van der Waals surface area contributed by atoms with Gasteiger partial charge in [-0.1, -0.05) is 26.2 Å². The summed E-state index contributed by atoms with van der Waals surface area (Å²) in [7, 11) is 1.70. The molecule has 3 N–H and O–H groups in total. The first kappa shape index (κ1) is 31.5. The lowest BCUT2D eigenvalue weighted by molar-refractivity contribution is -0.142. The number of carbonyl (C=O) groups is 3. The summed E-state index contributed by atoms with van der Waals surface area (Å²) in [5.74, 6) is -0.878. The van der Waals surface area contributed by atoms with Crippen LogP contribution in [0.25, 0.3) is 0 Å². The number of nitrogens with one attached hydrogen (secondary N) is 2. The van der Waals surface area contributed by atoms with Gasteiger partial charge in [-0.05, 0) is 38.0 Å². The van der Waals surface area contributed by atoms with E-state index in [1.807, 2.05) is 6.92 Å². The third-order valence-electron chi connectivity index (χ3n) is 7.57. The minimum absolute atomic E-state index is 0.0939. The standard InChI is InChI=1S/C28H41F3N4O5/c1-18-15-35(19(2)17-36)26(38)14-20-13-22(32-25(37)11-12-28(29,30)31)9-10-23(20)40-24(18)16-34(3)27(39)33-21-7-5-4-6-8-21/h9-10,13,18-19,21,24,36H,4-8,11-12,14-17H2,1-3H3,(H,32,37)(H,33,39)/t18-,19-,24-/m1/s1. The molecule has 9 nitrogen and oxygen atoms in total. The predicted octanol–water partition coefficient (Wildman–Crippen LogP) is 4.09. The number of alkyl halides is 3. The molecule has 1 aromatic carbocycles. The number of hydrogen-bond acceptors (Lipinski definition) is 5. The van der Waals surface area contributed by atoms with Crippen LogP contribution in [0.5, 0.6) is 5.75 Å². The second-order valence-corrected chi connectivity index (χ2v) is 11.0. The Kier molecular flexibility index (Phi) is 11.1. The summed E-state index contributed by atoms with van der Waals surface area (Å²) in [6, 6.07) is 4.10. The molecule has 0 aromatic heterocycles. The normalized spacial score (nSPS) is 21.3. The Morgan fingerprint density at radius 2 is 1.93 bits per heavy atom. The summed E-state index contributed by atoms with van der Waals surface area (Å²) in [6.45, 7) is 3.95. The van der Waals surface area contributed by atoms with Crippen molar-refractivity contribution in [2.75, 3.05) is 32.1 Å². The molecule has 1 saturated carbocycles. The topological polar surface area (TPSA) is 111 Å². The Balaban J connectivity index is 1.81. The number of nitrogens with zero attached hydrogens (tertiary/aromatic N) is 2. The molecule has 0 spiro atoms. The van der Waals surface area contributed by atoms with Gasteiger partial charge in [0, 0.05) is 43.2 Å². The number of aliphatic hydroxyl groups excluding tert-OH is 1. The molecular formula is C28H41F3N4O5. The number of halogens is 3. The Morgan fingerprint density at radius 3 is 2.58 bits per heavy atom. The highest BCUT2D eigenvalue weighted by molar-refractivity contribution is 5.91. The monoisotopic (exact) mass is 570 g/mol. The zero-order valence-corrected chi connectivity index (χ0v) is 23.4. The Bertz CT molecular complexity index is 1030. The van der Waals surface area contributed by atoms with Gasteiger partial charge in [0.25, 0.3) is 0 Å². The van der Waals surface area contributed by atoms with Crippen molar-refractivity contribution in [2.24, 2.45) is 5.92 Å². The van der Waals surface area contributed by atoms with Crippen LogP contribution in [-0.4, -0.2) is 83.9 Å². The number of ether oxygens (including phenoxy) is 1. The fourth-order valence-corrected chi connectivity index (χ4v) is 5.09. The molecule has 40 heavy (non-hydrogen) atoms. The van der Waals surface area contributed by atoms with E-state index in [4.69, 9.17) is 4.74 Å². The molecule has 0 radical (unpaired) electrons. The van der Waals surface area contributed by atoms with E-state index in [-0.39, 0.29) is 49.2 Å². The molecule has 0 saturated heterocycles. The SMILES string of the molecule is C[C@@H]1CN([C@H](C)CO)C(=O)Cc2cc(NC(=O)CCC(F)(F)F)ccc2O[C@@H]1CN(C)C(=O)NC1CCCCC1. The average Bonchev–Trinajstić information content (AvgIpc) is 2.94. The van der Waals surface area contributed by atoms with E-state index in [1.54, 1.807) is 29.8 Å². The van der Waals surface area contributed by atoms with Crippen molar-refractivity contribution in [3.8, 4) is 5.75 Å². The van der Waals surface area contributed by atoms with Gasteiger partial charge in [-0.25, -0.2) is 4.79 Å². The van der Waals surface area contributed by atoms with Crippen LogP contribution in [0.15, 0.2) is 18.2 Å². The van der Waals surface area contributed by atoms with Gasteiger partial charge in [0.15, 0.2) is 0 Å². The minimum atomic E-state index is -4.44. The molecule has 1 heterocycles. The van der Waals surface area contributed by atoms with Gasteiger partial charge >= 0.3 is 12.2 Å². The quantitative estimate of drug-likeness (QED) is 0.436. The maximum atomic E-state index is 13.3. The molecule has 3 atom stereocenters. The zero-order valence-electron chi connectivity index (χ0n) is 23.4. The van der Waals surface area contributed by atoms with Gasteiger partial charge in [-0.3, -0.25) is 9.59 Å². The van der Waals surface area contributed by atoms with Crippen LogP contribution < -0.4 is 15.4 Å². The first-order valence-electron chi connectivity index (χ1n) is 13.9. The second-order valence-electron chi connectivity index (χ2n) is 11.0. The second kappa shape index (κ2) is 14.0. The number of hydrogen-bond donors (Lipinski definition) is 3. The summed E-state index contributed by atoms with van der Waals surface area (Å²) in [4.78, 5) is 41.5. The summed E-state index contributed by atoms with van der Waals surface area (Å²) in [5.41, 5.74) is 0.694. The molecule has 1 fully saturated rings. The number of benzene rings is 1. The molecule has 224 valence electrons. The summed E-state index contributed by atoms with van der Waals surface area (Å²) in [6.07, 6.45) is -1.74. The first-order chi connectivity index (χ1) is 18.9. The van der Waals surface area contributed by atoms with E-state index < -0.39 is 37.1 Å². The lowest BCUT2D eigenvalue weighted by Crippen LogP contribution is -2.50. The maximum Gasteiger partial charge on any atom is 0.389 e. The Labute approximate surface area is 233 Å². The van der Waals surface area contributed by atoms with Gasteiger partial charge in [-0.2, -0.15) is 13.2 Å². The van der Waals surface area contributed by atoms with Crippen molar-refractivity contribution < 1.29 is 37.4 Å².